The van der Waals surface area contributed by atoms with Crippen molar-refractivity contribution in [2.45, 2.75) is 6.92 Å². The molecule has 0 aliphatic rings. The summed E-state index contributed by atoms with van der Waals surface area (Å²) in [4.78, 5) is 12.1. The van der Waals surface area contributed by atoms with Crippen molar-refractivity contribution in [2.24, 2.45) is 5.10 Å². The quantitative estimate of drug-likeness (QED) is 0.627. The molecular weight excluding hydrogens is 308 g/mol. The SMILES string of the molecule is CCOc1ccc(C=NNC(=O)c2ccc(OC)c(OC)c2)cc1. The molecule has 0 unspecified atom stereocenters. The van der Waals surface area contributed by atoms with Crippen LogP contribution in [-0.4, -0.2) is 32.9 Å². The molecule has 0 aliphatic heterocycles. The third kappa shape index (κ3) is 4.49. The highest BCUT2D eigenvalue weighted by Gasteiger charge is 2.09. The van der Waals surface area contributed by atoms with Crippen LogP contribution in [0.5, 0.6) is 17.2 Å². The molecular formula is C18H20N2O4. The van der Waals surface area contributed by atoms with E-state index in [0.29, 0.717) is 23.7 Å². The van der Waals surface area contributed by atoms with Crippen molar-refractivity contribution >= 4 is 12.1 Å². The Labute approximate surface area is 141 Å². The van der Waals surface area contributed by atoms with Gasteiger partial charge in [-0.15, -0.1) is 0 Å². The molecule has 24 heavy (non-hydrogen) atoms. The van der Waals surface area contributed by atoms with Crippen LogP contribution in [0.1, 0.15) is 22.8 Å². The average molecular weight is 328 g/mol. The predicted molar refractivity (Wildman–Crippen MR) is 92.2 cm³/mol. The Morgan fingerprint density at radius 3 is 2.42 bits per heavy atom. The summed E-state index contributed by atoms with van der Waals surface area (Å²) < 4.78 is 15.7. The van der Waals surface area contributed by atoms with Gasteiger partial charge in [-0.25, -0.2) is 5.43 Å². The lowest BCUT2D eigenvalue weighted by atomic mass is 10.2. The Hall–Kier alpha value is -3.02. The van der Waals surface area contributed by atoms with Gasteiger partial charge in [0.25, 0.3) is 5.91 Å². The standard InChI is InChI=1S/C18H20N2O4/c1-4-24-15-8-5-13(6-9-15)12-19-20-18(21)14-7-10-16(22-2)17(11-14)23-3/h5-12H,4H2,1-3H3,(H,20,21). The zero-order valence-electron chi connectivity index (χ0n) is 13.9. The summed E-state index contributed by atoms with van der Waals surface area (Å²) in [5.41, 5.74) is 3.76. The molecule has 2 rings (SSSR count). The highest BCUT2D eigenvalue weighted by molar-refractivity contribution is 5.95. The van der Waals surface area contributed by atoms with Crippen LogP contribution in [0.3, 0.4) is 0 Å². The molecule has 0 saturated carbocycles. The average Bonchev–Trinajstić information content (AvgIpc) is 2.62. The third-order valence-electron chi connectivity index (χ3n) is 3.22. The second kappa shape index (κ2) is 8.57. The summed E-state index contributed by atoms with van der Waals surface area (Å²) >= 11 is 0. The smallest absolute Gasteiger partial charge is 0.271 e. The number of ether oxygens (including phenoxy) is 3. The van der Waals surface area contributed by atoms with Crippen molar-refractivity contribution in [3.8, 4) is 17.2 Å². The highest BCUT2D eigenvalue weighted by Crippen LogP contribution is 2.27. The van der Waals surface area contributed by atoms with E-state index in [9.17, 15) is 4.79 Å². The first-order valence-corrected chi connectivity index (χ1v) is 7.46. The highest BCUT2D eigenvalue weighted by atomic mass is 16.5. The maximum Gasteiger partial charge on any atom is 0.271 e. The molecule has 2 aromatic rings. The van der Waals surface area contributed by atoms with E-state index in [1.807, 2.05) is 31.2 Å². The normalized spacial score (nSPS) is 10.5. The topological polar surface area (TPSA) is 69.2 Å². The van der Waals surface area contributed by atoms with Crippen molar-refractivity contribution in [1.29, 1.82) is 0 Å². The number of hydrazone groups is 1. The van der Waals surface area contributed by atoms with Gasteiger partial charge in [0.1, 0.15) is 5.75 Å². The van der Waals surface area contributed by atoms with E-state index in [-0.39, 0.29) is 5.91 Å². The number of nitrogens with zero attached hydrogens (tertiary/aromatic N) is 1. The maximum atomic E-state index is 12.1. The lowest BCUT2D eigenvalue weighted by Gasteiger charge is -2.08. The van der Waals surface area contributed by atoms with Crippen LogP contribution >= 0.6 is 0 Å². The summed E-state index contributed by atoms with van der Waals surface area (Å²) in [6.07, 6.45) is 1.56. The lowest BCUT2D eigenvalue weighted by molar-refractivity contribution is 0.0954. The summed E-state index contributed by atoms with van der Waals surface area (Å²) in [7, 11) is 3.06. The number of carbonyl (C=O) groups excluding carboxylic acids is 1. The first kappa shape index (κ1) is 17.3. The van der Waals surface area contributed by atoms with Crippen LogP contribution in [0, 0.1) is 0 Å². The van der Waals surface area contributed by atoms with E-state index in [2.05, 4.69) is 10.5 Å². The zero-order chi connectivity index (χ0) is 17.4. The second-order valence-electron chi connectivity index (χ2n) is 4.77. The molecule has 1 amide bonds. The van der Waals surface area contributed by atoms with Crippen molar-refractivity contribution in [1.82, 2.24) is 5.43 Å². The number of methoxy groups -OCH3 is 2. The molecule has 1 N–H and O–H groups in total. The lowest BCUT2D eigenvalue weighted by Crippen LogP contribution is -2.17. The van der Waals surface area contributed by atoms with Gasteiger partial charge >= 0.3 is 0 Å². The first-order valence-electron chi connectivity index (χ1n) is 7.46. The number of rotatable bonds is 7. The van der Waals surface area contributed by atoms with Crippen molar-refractivity contribution in [2.75, 3.05) is 20.8 Å². The van der Waals surface area contributed by atoms with Crippen LogP contribution in [0.2, 0.25) is 0 Å². The molecule has 0 aliphatic carbocycles. The van der Waals surface area contributed by atoms with Crippen LogP contribution < -0.4 is 19.6 Å². The van der Waals surface area contributed by atoms with Crippen molar-refractivity contribution in [3.63, 3.8) is 0 Å². The minimum Gasteiger partial charge on any atom is -0.494 e. The van der Waals surface area contributed by atoms with E-state index >= 15 is 0 Å². The number of hydrogen-bond acceptors (Lipinski definition) is 5. The van der Waals surface area contributed by atoms with Gasteiger partial charge in [0.2, 0.25) is 0 Å². The van der Waals surface area contributed by atoms with Gasteiger partial charge in [0, 0.05) is 5.56 Å². The number of carbonyl (C=O) groups is 1. The Morgan fingerprint density at radius 1 is 1.08 bits per heavy atom. The maximum absolute atomic E-state index is 12.1. The Morgan fingerprint density at radius 2 is 1.79 bits per heavy atom. The van der Waals surface area contributed by atoms with Gasteiger partial charge in [-0.3, -0.25) is 4.79 Å². The Kier molecular flexibility index (Phi) is 6.19. The van der Waals surface area contributed by atoms with E-state index in [1.165, 1.54) is 7.11 Å². The van der Waals surface area contributed by atoms with E-state index in [1.54, 1.807) is 31.5 Å². The first-order chi connectivity index (χ1) is 11.7. The summed E-state index contributed by atoms with van der Waals surface area (Å²) in [5.74, 6) is 1.51. The fraction of sp³-hybridized carbons (Fsp3) is 0.222. The number of benzene rings is 2. The molecule has 6 heteroatoms. The van der Waals surface area contributed by atoms with Gasteiger partial charge in [0.15, 0.2) is 11.5 Å². The number of nitrogens with one attached hydrogen (secondary N) is 1. The summed E-state index contributed by atoms with van der Waals surface area (Å²) in [6.45, 7) is 2.55. The largest absolute Gasteiger partial charge is 0.494 e. The molecule has 0 fully saturated rings. The molecule has 126 valence electrons. The minimum atomic E-state index is -0.335. The van der Waals surface area contributed by atoms with E-state index < -0.39 is 0 Å². The van der Waals surface area contributed by atoms with Gasteiger partial charge in [-0.05, 0) is 55.0 Å². The fourth-order valence-electron chi connectivity index (χ4n) is 2.02. The van der Waals surface area contributed by atoms with Gasteiger partial charge < -0.3 is 14.2 Å². The molecule has 0 radical (unpaired) electrons. The van der Waals surface area contributed by atoms with Crippen LogP contribution in [-0.2, 0) is 0 Å². The van der Waals surface area contributed by atoms with Gasteiger partial charge in [-0.1, -0.05) is 0 Å². The van der Waals surface area contributed by atoms with Crippen molar-refractivity contribution in [3.05, 3.63) is 53.6 Å². The van der Waals surface area contributed by atoms with Crippen LogP contribution in [0.4, 0.5) is 0 Å². The van der Waals surface area contributed by atoms with Gasteiger partial charge in [0.05, 0.1) is 27.0 Å². The second-order valence-corrected chi connectivity index (χ2v) is 4.77. The van der Waals surface area contributed by atoms with Crippen LogP contribution in [0.25, 0.3) is 0 Å². The van der Waals surface area contributed by atoms with Gasteiger partial charge in [-0.2, -0.15) is 5.10 Å². The van der Waals surface area contributed by atoms with E-state index in [0.717, 1.165) is 11.3 Å². The number of hydrogen-bond donors (Lipinski definition) is 1. The number of amides is 1. The molecule has 0 saturated heterocycles. The van der Waals surface area contributed by atoms with Crippen LogP contribution in [0.15, 0.2) is 47.6 Å². The molecule has 0 atom stereocenters. The predicted octanol–water partition coefficient (Wildman–Crippen LogP) is 2.87. The summed E-state index contributed by atoms with van der Waals surface area (Å²) in [5, 5.41) is 3.95. The zero-order valence-corrected chi connectivity index (χ0v) is 13.9. The molecule has 6 nitrogen and oxygen atoms in total. The Bertz CT molecular complexity index is 711. The third-order valence-corrected chi connectivity index (χ3v) is 3.22. The summed E-state index contributed by atoms with van der Waals surface area (Å²) in [6, 6.07) is 12.3. The molecule has 0 spiro atoms. The fourth-order valence-corrected chi connectivity index (χ4v) is 2.02. The molecule has 0 aromatic heterocycles. The Balaban J connectivity index is 1.99. The molecule has 0 heterocycles. The monoisotopic (exact) mass is 328 g/mol. The van der Waals surface area contributed by atoms with E-state index in [4.69, 9.17) is 14.2 Å². The van der Waals surface area contributed by atoms with Crippen molar-refractivity contribution < 1.29 is 19.0 Å². The molecule has 0 bridgehead atoms. The minimum absolute atomic E-state index is 0.335. The molecule has 2 aromatic carbocycles.